The predicted octanol–water partition coefficient (Wildman–Crippen LogP) is 3.84. The van der Waals surface area contributed by atoms with Crippen LogP contribution in [0.15, 0.2) is 47.6 Å². The third-order valence-electron chi connectivity index (χ3n) is 4.08. The Bertz CT molecular complexity index is 1020. The van der Waals surface area contributed by atoms with E-state index >= 15 is 0 Å². The number of nitrogens with zero attached hydrogens (tertiary/aromatic N) is 1. The van der Waals surface area contributed by atoms with Crippen molar-refractivity contribution < 1.29 is 9.59 Å². The van der Waals surface area contributed by atoms with Gasteiger partial charge in [0.1, 0.15) is 0 Å². The van der Waals surface area contributed by atoms with Crippen LogP contribution < -0.4 is 10.6 Å². The number of halogens is 1. The van der Waals surface area contributed by atoms with Crippen LogP contribution in [0.5, 0.6) is 0 Å². The number of imidazole rings is 1. The Morgan fingerprint density at radius 3 is 2.89 bits per heavy atom. The van der Waals surface area contributed by atoms with Crippen molar-refractivity contribution in [2.24, 2.45) is 0 Å². The largest absolute Gasteiger partial charge is 0.349 e. The molecule has 2 aromatic carbocycles. The van der Waals surface area contributed by atoms with Gasteiger partial charge in [0.2, 0.25) is 5.91 Å². The molecule has 27 heavy (non-hydrogen) atoms. The van der Waals surface area contributed by atoms with Gasteiger partial charge in [0.15, 0.2) is 5.16 Å². The van der Waals surface area contributed by atoms with Crippen molar-refractivity contribution in [1.82, 2.24) is 15.3 Å². The number of amides is 2. The van der Waals surface area contributed by atoms with Gasteiger partial charge in [-0.1, -0.05) is 29.4 Å². The molecule has 1 saturated carbocycles. The summed E-state index contributed by atoms with van der Waals surface area (Å²) < 4.78 is 0. The van der Waals surface area contributed by atoms with E-state index in [-0.39, 0.29) is 17.6 Å². The number of anilines is 1. The van der Waals surface area contributed by atoms with E-state index in [0.29, 0.717) is 27.5 Å². The van der Waals surface area contributed by atoms with E-state index in [1.54, 1.807) is 36.4 Å². The topological polar surface area (TPSA) is 86.9 Å². The normalized spacial score (nSPS) is 13.5. The molecule has 1 aliphatic rings. The lowest BCUT2D eigenvalue weighted by atomic mass is 10.2. The molecular weight excluding hydrogens is 384 g/mol. The number of rotatable bonds is 6. The fourth-order valence-corrected chi connectivity index (χ4v) is 3.45. The number of aromatic amines is 1. The number of thioether (sulfide) groups is 1. The third-order valence-corrected chi connectivity index (χ3v) is 5.19. The molecule has 1 heterocycles. The molecule has 1 aromatic heterocycles. The fourth-order valence-electron chi connectivity index (χ4n) is 2.59. The minimum atomic E-state index is -0.168. The van der Waals surface area contributed by atoms with Crippen LogP contribution in [-0.4, -0.2) is 33.6 Å². The highest BCUT2D eigenvalue weighted by molar-refractivity contribution is 7.99. The first-order valence-corrected chi connectivity index (χ1v) is 9.92. The molecule has 2 amide bonds. The Labute approximate surface area is 165 Å². The van der Waals surface area contributed by atoms with E-state index in [0.717, 1.165) is 23.9 Å². The monoisotopic (exact) mass is 400 g/mol. The predicted molar refractivity (Wildman–Crippen MR) is 107 cm³/mol. The fraction of sp³-hybridized carbons (Fsp3) is 0.211. The van der Waals surface area contributed by atoms with Crippen molar-refractivity contribution in [3.8, 4) is 0 Å². The van der Waals surface area contributed by atoms with E-state index < -0.39 is 0 Å². The van der Waals surface area contributed by atoms with Crippen LogP contribution in [-0.2, 0) is 4.79 Å². The molecule has 4 rings (SSSR count). The SMILES string of the molecule is O=C(CSc1nc2ccc(Cl)cc2[nH]1)Nc1cccc(C(=O)NC2CC2)c1. The lowest BCUT2D eigenvalue weighted by molar-refractivity contribution is -0.113. The van der Waals surface area contributed by atoms with Crippen molar-refractivity contribution in [2.75, 3.05) is 11.1 Å². The molecule has 3 N–H and O–H groups in total. The molecule has 1 aliphatic carbocycles. The Morgan fingerprint density at radius 2 is 2.07 bits per heavy atom. The molecule has 0 atom stereocenters. The number of nitrogens with one attached hydrogen (secondary N) is 3. The Morgan fingerprint density at radius 1 is 1.22 bits per heavy atom. The highest BCUT2D eigenvalue weighted by atomic mass is 35.5. The highest BCUT2D eigenvalue weighted by Crippen LogP contribution is 2.23. The third kappa shape index (κ3) is 4.61. The van der Waals surface area contributed by atoms with Crippen molar-refractivity contribution >= 4 is 51.9 Å². The number of hydrogen-bond acceptors (Lipinski definition) is 4. The summed E-state index contributed by atoms with van der Waals surface area (Å²) in [4.78, 5) is 31.9. The standard InChI is InChI=1S/C19H17ClN4O2S/c20-12-4-7-15-16(9-12)24-19(23-15)27-10-17(25)21-14-3-1-2-11(8-14)18(26)22-13-5-6-13/h1-4,7-9,13H,5-6,10H2,(H,21,25)(H,22,26)(H,23,24). The maximum Gasteiger partial charge on any atom is 0.251 e. The van der Waals surface area contributed by atoms with E-state index in [9.17, 15) is 9.59 Å². The van der Waals surface area contributed by atoms with E-state index in [1.807, 2.05) is 6.07 Å². The summed E-state index contributed by atoms with van der Waals surface area (Å²) in [7, 11) is 0. The maximum absolute atomic E-state index is 12.2. The first-order chi connectivity index (χ1) is 13.1. The summed E-state index contributed by atoms with van der Waals surface area (Å²) in [6.45, 7) is 0. The van der Waals surface area contributed by atoms with Gasteiger partial charge < -0.3 is 15.6 Å². The number of hydrogen-bond donors (Lipinski definition) is 3. The van der Waals surface area contributed by atoms with E-state index in [1.165, 1.54) is 11.8 Å². The van der Waals surface area contributed by atoms with E-state index in [4.69, 9.17) is 11.6 Å². The molecule has 0 saturated heterocycles. The average molecular weight is 401 g/mol. The van der Waals surface area contributed by atoms with Crippen LogP contribution in [0.25, 0.3) is 11.0 Å². The zero-order chi connectivity index (χ0) is 18.8. The Balaban J connectivity index is 1.35. The van der Waals surface area contributed by atoms with E-state index in [2.05, 4.69) is 20.6 Å². The van der Waals surface area contributed by atoms with Gasteiger partial charge in [-0.15, -0.1) is 0 Å². The van der Waals surface area contributed by atoms with Crippen LogP contribution >= 0.6 is 23.4 Å². The molecule has 1 fully saturated rings. The summed E-state index contributed by atoms with van der Waals surface area (Å²) >= 11 is 7.27. The minimum Gasteiger partial charge on any atom is -0.349 e. The molecule has 6 nitrogen and oxygen atoms in total. The van der Waals surface area contributed by atoms with Gasteiger partial charge in [0.25, 0.3) is 5.91 Å². The van der Waals surface area contributed by atoms with Crippen LogP contribution in [0.4, 0.5) is 5.69 Å². The molecular formula is C19H17ClN4O2S. The average Bonchev–Trinajstić information content (AvgIpc) is 3.37. The van der Waals surface area contributed by atoms with Gasteiger partial charge >= 0.3 is 0 Å². The molecule has 0 spiro atoms. The lowest BCUT2D eigenvalue weighted by Gasteiger charge is -2.07. The van der Waals surface area contributed by atoms with Crippen LogP contribution in [0, 0.1) is 0 Å². The number of benzene rings is 2. The number of fused-ring (bicyclic) bond motifs is 1. The van der Waals surface area contributed by atoms with Crippen LogP contribution in [0.2, 0.25) is 5.02 Å². The maximum atomic E-state index is 12.2. The summed E-state index contributed by atoms with van der Waals surface area (Å²) in [5.41, 5.74) is 2.78. The van der Waals surface area contributed by atoms with Gasteiger partial charge in [0, 0.05) is 22.3 Å². The van der Waals surface area contributed by atoms with Gasteiger partial charge in [-0.3, -0.25) is 9.59 Å². The van der Waals surface area contributed by atoms with Crippen molar-refractivity contribution in [1.29, 1.82) is 0 Å². The summed E-state index contributed by atoms with van der Waals surface area (Å²) in [6.07, 6.45) is 2.07. The van der Waals surface area contributed by atoms with Crippen molar-refractivity contribution in [3.05, 3.63) is 53.1 Å². The van der Waals surface area contributed by atoms with Gasteiger partial charge in [-0.25, -0.2) is 4.98 Å². The molecule has 3 aromatic rings. The first-order valence-electron chi connectivity index (χ1n) is 8.56. The number of carbonyl (C=O) groups excluding carboxylic acids is 2. The first kappa shape index (κ1) is 17.9. The molecule has 0 unspecified atom stereocenters. The molecule has 0 aliphatic heterocycles. The quantitative estimate of drug-likeness (QED) is 0.548. The lowest BCUT2D eigenvalue weighted by Crippen LogP contribution is -2.25. The van der Waals surface area contributed by atoms with Crippen molar-refractivity contribution in [3.63, 3.8) is 0 Å². The van der Waals surface area contributed by atoms with Crippen LogP contribution in [0.1, 0.15) is 23.2 Å². The second-order valence-electron chi connectivity index (χ2n) is 6.37. The molecule has 8 heteroatoms. The summed E-state index contributed by atoms with van der Waals surface area (Å²) in [6, 6.07) is 12.6. The van der Waals surface area contributed by atoms with Gasteiger partial charge in [0.05, 0.1) is 16.8 Å². The molecule has 0 bridgehead atoms. The van der Waals surface area contributed by atoms with Crippen LogP contribution in [0.3, 0.4) is 0 Å². The highest BCUT2D eigenvalue weighted by Gasteiger charge is 2.23. The zero-order valence-corrected chi connectivity index (χ0v) is 15.9. The smallest absolute Gasteiger partial charge is 0.251 e. The van der Waals surface area contributed by atoms with Gasteiger partial charge in [-0.05, 0) is 49.2 Å². The van der Waals surface area contributed by atoms with Crippen molar-refractivity contribution in [2.45, 2.75) is 24.0 Å². The second kappa shape index (κ2) is 7.62. The Kier molecular flexibility index (Phi) is 5.05. The second-order valence-corrected chi connectivity index (χ2v) is 7.77. The molecule has 138 valence electrons. The Hall–Kier alpha value is -2.51. The number of carbonyl (C=O) groups is 2. The number of aromatic nitrogens is 2. The molecule has 0 radical (unpaired) electrons. The number of H-pyrrole nitrogens is 1. The summed E-state index contributed by atoms with van der Waals surface area (Å²) in [5.74, 6) is -0.0753. The van der Waals surface area contributed by atoms with Gasteiger partial charge in [-0.2, -0.15) is 0 Å². The minimum absolute atomic E-state index is 0.107. The summed E-state index contributed by atoms with van der Waals surface area (Å²) in [5, 5.41) is 7.04. The zero-order valence-electron chi connectivity index (χ0n) is 14.3.